The van der Waals surface area contributed by atoms with E-state index in [2.05, 4.69) is 6.92 Å². The highest BCUT2D eigenvalue weighted by molar-refractivity contribution is 4.97. The molecule has 2 heterocycles. The largest absolute Gasteiger partial charge is 0.493 e. The molecule has 0 amide bonds. The van der Waals surface area contributed by atoms with Gasteiger partial charge < -0.3 is 14.2 Å². The summed E-state index contributed by atoms with van der Waals surface area (Å²) in [7, 11) is 0. The summed E-state index contributed by atoms with van der Waals surface area (Å²) in [6.07, 6.45) is 3.97. The predicted octanol–water partition coefficient (Wildman–Crippen LogP) is 1.69. The Bertz CT molecular complexity index is 222. The van der Waals surface area contributed by atoms with Crippen molar-refractivity contribution in [2.45, 2.75) is 38.8 Å². The van der Waals surface area contributed by atoms with Gasteiger partial charge in [-0.2, -0.15) is 0 Å². The number of fused-ring (bicyclic) bond motifs is 1. The topological polar surface area (TPSA) is 27.7 Å². The van der Waals surface area contributed by atoms with E-state index in [-0.39, 0.29) is 12.2 Å². The molecule has 1 saturated heterocycles. The Morgan fingerprint density at radius 2 is 2.15 bits per heavy atom. The van der Waals surface area contributed by atoms with Crippen molar-refractivity contribution in [1.82, 2.24) is 0 Å². The zero-order chi connectivity index (χ0) is 9.47. The maximum atomic E-state index is 5.79. The van der Waals surface area contributed by atoms with E-state index in [0.717, 1.165) is 0 Å². The molecule has 3 atom stereocenters. The van der Waals surface area contributed by atoms with Crippen LogP contribution in [0.5, 0.6) is 0 Å². The van der Waals surface area contributed by atoms with Gasteiger partial charge in [-0.05, 0) is 19.9 Å². The molecule has 3 heteroatoms. The van der Waals surface area contributed by atoms with Gasteiger partial charge in [0.05, 0.1) is 12.9 Å². The maximum absolute atomic E-state index is 5.79. The summed E-state index contributed by atoms with van der Waals surface area (Å²) in [6, 6.07) is 0. The standard InChI is InChI=1S/C10H16O3/c1-7-4-5-11-8-6-12-10(2,3)13-9(7)8/h4-5,7-9H,6H2,1-3H3/t7-,8+,9-/m0/s1. The van der Waals surface area contributed by atoms with Crippen LogP contribution in [0.3, 0.4) is 0 Å². The molecule has 0 spiro atoms. The van der Waals surface area contributed by atoms with E-state index in [9.17, 15) is 0 Å². The summed E-state index contributed by atoms with van der Waals surface area (Å²) >= 11 is 0. The molecule has 3 nitrogen and oxygen atoms in total. The predicted molar refractivity (Wildman–Crippen MR) is 48.1 cm³/mol. The molecule has 2 aliphatic heterocycles. The van der Waals surface area contributed by atoms with Gasteiger partial charge in [-0.1, -0.05) is 6.92 Å². The van der Waals surface area contributed by atoms with Crippen molar-refractivity contribution in [3.05, 3.63) is 12.3 Å². The number of ether oxygens (including phenoxy) is 3. The second-order valence-corrected chi connectivity index (χ2v) is 4.16. The van der Waals surface area contributed by atoms with Gasteiger partial charge in [0.25, 0.3) is 0 Å². The van der Waals surface area contributed by atoms with Crippen LogP contribution in [0.1, 0.15) is 20.8 Å². The lowest BCUT2D eigenvalue weighted by Crippen LogP contribution is -2.52. The van der Waals surface area contributed by atoms with Crippen LogP contribution in [-0.4, -0.2) is 24.6 Å². The highest BCUT2D eigenvalue weighted by Crippen LogP contribution is 2.31. The Kier molecular flexibility index (Phi) is 2.08. The molecular formula is C10H16O3. The van der Waals surface area contributed by atoms with Crippen LogP contribution in [0.25, 0.3) is 0 Å². The van der Waals surface area contributed by atoms with Crippen LogP contribution >= 0.6 is 0 Å². The normalized spacial score (nSPS) is 42.2. The van der Waals surface area contributed by atoms with Crippen LogP contribution in [0.2, 0.25) is 0 Å². The van der Waals surface area contributed by atoms with E-state index in [1.165, 1.54) is 0 Å². The minimum Gasteiger partial charge on any atom is -0.493 e. The van der Waals surface area contributed by atoms with Gasteiger partial charge in [-0.3, -0.25) is 0 Å². The molecule has 0 radical (unpaired) electrons. The van der Waals surface area contributed by atoms with Crippen LogP contribution in [0, 0.1) is 5.92 Å². The second-order valence-electron chi connectivity index (χ2n) is 4.16. The first-order chi connectivity index (χ1) is 6.08. The number of rotatable bonds is 0. The first kappa shape index (κ1) is 9.03. The van der Waals surface area contributed by atoms with Gasteiger partial charge in [0.15, 0.2) is 5.79 Å². The molecule has 0 unspecified atom stereocenters. The minimum absolute atomic E-state index is 0.0630. The molecule has 0 aromatic rings. The highest BCUT2D eigenvalue weighted by Gasteiger charge is 2.40. The van der Waals surface area contributed by atoms with Crippen LogP contribution in [0.15, 0.2) is 12.3 Å². The van der Waals surface area contributed by atoms with Crippen molar-refractivity contribution in [2.24, 2.45) is 5.92 Å². The summed E-state index contributed by atoms with van der Waals surface area (Å²) in [5.41, 5.74) is 0. The molecule has 2 rings (SSSR count). The molecule has 1 fully saturated rings. The van der Waals surface area contributed by atoms with Crippen molar-refractivity contribution < 1.29 is 14.2 Å². The zero-order valence-electron chi connectivity index (χ0n) is 8.32. The van der Waals surface area contributed by atoms with E-state index >= 15 is 0 Å². The van der Waals surface area contributed by atoms with E-state index in [4.69, 9.17) is 14.2 Å². The lowest BCUT2D eigenvalue weighted by molar-refractivity contribution is -0.313. The Morgan fingerprint density at radius 3 is 2.92 bits per heavy atom. The second kappa shape index (κ2) is 3.00. The van der Waals surface area contributed by atoms with Crippen LogP contribution in [0.4, 0.5) is 0 Å². The quantitative estimate of drug-likeness (QED) is 0.573. The molecule has 0 aliphatic carbocycles. The smallest absolute Gasteiger partial charge is 0.163 e. The third kappa shape index (κ3) is 1.71. The molecule has 0 aromatic carbocycles. The fourth-order valence-electron chi connectivity index (χ4n) is 1.76. The molecule has 0 bridgehead atoms. The summed E-state index contributed by atoms with van der Waals surface area (Å²) in [5, 5.41) is 0. The molecule has 0 aromatic heterocycles. The zero-order valence-corrected chi connectivity index (χ0v) is 8.32. The third-order valence-electron chi connectivity index (χ3n) is 2.54. The fourth-order valence-corrected chi connectivity index (χ4v) is 1.76. The van der Waals surface area contributed by atoms with Crippen LogP contribution in [-0.2, 0) is 14.2 Å². The first-order valence-corrected chi connectivity index (χ1v) is 4.72. The molecule has 2 aliphatic rings. The van der Waals surface area contributed by atoms with Gasteiger partial charge in [0.2, 0.25) is 0 Å². The van der Waals surface area contributed by atoms with Crippen molar-refractivity contribution in [3.63, 3.8) is 0 Å². The van der Waals surface area contributed by atoms with Crippen molar-refractivity contribution in [2.75, 3.05) is 6.61 Å². The highest BCUT2D eigenvalue weighted by atomic mass is 16.7. The molecule has 13 heavy (non-hydrogen) atoms. The van der Waals surface area contributed by atoms with Gasteiger partial charge in [0, 0.05) is 5.92 Å². The Morgan fingerprint density at radius 1 is 1.38 bits per heavy atom. The number of hydrogen-bond donors (Lipinski definition) is 0. The summed E-state index contributed by atoms with van der Waals surface area (Å²) < 4.78 is 16.7. The summed E-state index contributed by atoms with van der Waals surface area (Å²) in [6.45, 7) is 6.63. The van der Waals surface area contributed by atoms with Crippen molar-refractivity contribution in [1.29, 1.82) is 0 Å². The van der Waals surface area contributed by atoms with Crippen molar-refractivity contribution in [3.8, 4) is 0 Å². The van der Waals surface area contributed by atoms with E-state index < -0.39 is 5.79 Å². The maximum Gasteiger partial charge on any atom is 0.163 e. The lowest BCUT2D eigenvalue weighted by atomic mass is 9.96. The van der Waals surface area contributed by atoms with E-state index in [1.54, 1.807) is 6.26 Å². The van der Waals surface area contributed by atoms with Crippen molar-refractivity contribution >= 4 is 0 Å². The van der Waals surface area contributed by atoms with Gasteiger partial charge in [-0.25, -0.2) is 0 Å². The summed E-state index contributed by atoms with van der Waals surface area (Å²) in [4.78, 5) is 0. The first-order valence-electron chi connectivity index (χ1n) is 4.72. The monoisotopic (exact) mass is 184 g/mol. The molecule has 0 N–H and O–H groups in total. The minimum atomic E-state index is -0.468. The Labute approximate surface area is 78.7 Å². The average Bonchev–Trinajstić information content (AvgIpc) is 2.06. The summed E-state index contributed by atoms with van der Waals surface area (Å²) in [5.74, 6) is -0.0637. The average molecular weight is 184 g/mol. The molecule has 74 valence electrons. The third-order valence-corrected chi connectivity index (χ3v) is 2.54. The van der Waals surface area contributed by atoms with E-state index in [1.807, 2.05) is 19.9 Å². The van der Waals surface area contributed by atoms with Gasteiger partial charge in [-0.15, -0.1) is 0 Å². The van der Waals surface area contributed by atoms with Crippen LogP contribution < -0.4 is 0 Å². The van der Waals surface area contributed by atoms with Gasteiger partial charge >= 0.3 is 0 Å². The van der Waals surface area contributed by atoms with E-state index in [0.29, 0.717) is 12.5 Å². The Hall–Kier alpha value is -0.540. The van der Waals surface area contributed by atoms with Gasteiger partial charge in [0.1, 0.15) is 12.2 Å². The number of hydrogen-bond acceptors (Lipinski definition) is 3. The molecular weight excluding hydrogens is 168 g/mol. The SMILES string of the molecule is C[C@H]1C=CO[C@@H]2COC(C)(C)O[C@@H]12. The molecule has 0 saturated carbocycles. The lowest BCUT2D eigenvalue weighted by Gasteiger charge is -2.43. The Balaban J connectivity index is 2.12. The fraction of sp³-hybridized carbons (Fsp3) is 0.800.